The number of aromatic nitrogens is 2. The second-order valence-electron chi connectivity index (χ2n) is 4.53. The number of nitrogens with zero attached hydrogens (tertiary/aromatic N) is 2. The van der Waals surface area contributed by atoms with E-state index in [4.69, 9.17) is 11.6 Å². The molecule has 5 heteroatoms. The summed E-state index contributed by atoms with van der Waals surface area (Å²) in [5.41, 5.74) is 1.20. The molecule has 0 aliphatic carbocycles. The van der Waals surface area contributed by atoms with E-state index in [0.29, 0.717) is 5.88 Å². The maximum Gasteiger partial charge on any atom is 0.193 e. The molecule has 0 radical (unpaired) electrons. The number of hydrogen-bond acceptors (Lipinski definition) is 3. The second-order valence-corrected chi connectivity index (χ2v) is 5.78. The van der Waals surface area contributed by atoms with Crippen LogP contribution in [-0.2, 0) is 6.54 Å². The highest BCUT2D eigenvalue weighted by Crippen LogP contribution is 2.17. The summed E-state index contributed by atoms with van der Waals surface area (Å²) in [5, 5.41) is 5.60. The zero-order valence-corrected chi connectivity index (χ0v) is 11.8. The van der Waals surface area contributed by atoms with Crippen LogP contribution in [0.15, 0.2) is 17.8 Å². The Balaban J connectivity index is 1.99. The van der Waals surface area contributed by atoms with E-state index in [0.717, 1.165) is 30.0 Å². The van der Waals surface area contributed by atoms with E-state index >= 15 is 0 Å². The lowest BCUT2D eigenvalue weighted by Crippen LogP contribution is -2.41. The van der Waals surface area contributed by atoms with Gasteiger partial charge in [-0.05, 0) is 19.8 Å². The molecule has 0 saturated carbocycles. The van der Waals surface area contributed by atoms with E-state index in [2.05, 4.69) is 34.7 Å². The summed E-state index contributed by atoms with van der Waals surface area (Å²) in [4.78, 5) is 5.61. The van der Waals surface area contributed by atoms with Gasteiger partial charge in [-0.1, -0.05) is 6.92 Å². The number of rotatable bonds is 6. The average molecular weight is 272 g/mol. The summed E-state index contributed by atoms with van der Waals surface area (Å²) in [5.74, 6) is 0.690. The maximum absolute atomic E-state index is 5.84. The van der Waals surface area contributed by atoms with Gasteiger partial charge in [0.05, 0.1) is 5.69 Å². The highest BCUT2D eigenvalue weighted by Gasteiger charge is 2.20. The summed E-state index contributed by atoms with van der Waals surface area (Å²) < 4.78 is 2.06. The van der Waals surface area contributed by atoms with Gasteiger partial charge in [0.15, 0.2) is 4.96 Å². The molecule has 2 aromatic heterocycles. The first-order valence-electron chi connectivity index (χ1n) is 5.89. The predicted molar refractivity (Wildman–Crippen MR) is 73.9 cm³/mol. The number of nitrogens with one attached hydrogen (secondary N) is 1. The van der Waals surface area contributed by atoms with Crippen LogP contribution in [0.25, 0.3) is 4.96 Å². The SMILES string of the molecule is CCC(C)(CCCl)NCc1cn2ccsc2n1. The van der Waals surface area contributed by atoms with Crippen molar-refractivity contribution < 1.29 is 0 Å². The molecule has 1 atom stereocenters. The number of halogens is 1. The van der Waals surface area contributed by atoms with Crippen molar-refractivity contribution in [3.8, 4) is 0 Å². The van der Waals surface area contributed by atoms with Gasteiger partial charge < -0.3 is 5.32 Å². The topological polar surface area (TPSA) is 29.3 Å². The van der Waals surface area contributed by atoms with Gasteiger partial charge in [0.1, 0.15) is 0 Å². The Kier molecular flexibility index (Phi) is 4.07. The Morgan fingerprint density at radius 2 is 2.41 bits per heavy atom. The van der Waals surface area contributed by atoms with Crippen molar-refractivity contribution in [2.75, 3.05) is 5.88 Å². The molecule has 2 rings (SSSR count). The molecule has 0 saturated heterocycles. The predicted octanol–water partition coefficient (Wildman–Crippen LogP) is 3.28. The fourth-order valence-corrected chi connectivity index (χ4v) is 2.90. The molecule has 17 heavy (non-hydrogen) atoms. The van der Waals surface area contributed by atoms with Gasteiger partial charge in [0.2, 0.25) is 0 Å². The molecule has 3 nitrogen and oxygen atoms in total. The molecule has 0 aliphatic rings. The van der Waals surface area contributed by atoms with E-state index in [1.165, 1.54) is 0 Å². The zero-order chi connectivity index (χ0) is 12.3. The van der Waals surface area contributed by atoms with Gasteiger partial charge in [-0.25, -0.2) is 4.98 Å². The van der Waals surface area contributed by atoms with Crippen molar-refractivity contribution in [3.05, 3.63) is 23.5 Å². The molecular formula is C12H18ClN3S. The molecule has 0 aromatic carbocycles. The van der Waals surface area contributed by atoms with Crippen molar-refractivity contribution in [2.45, 2.75) is 38.8 Å². The summed E-state index contributed by atoms with van der Waals surface area (Å²) >= 11 is 7.50. The van der Waals surface area contributed by atoms with Gasteiger partial charge in [0, 0.05) is 35.7 Å². The third kappa shape index (κ3) is 3.00. The molecular weight excluding hydrogens is 254 g/mol. The number of fused-ring (bicyclic) bond motifs is 1. The summed E-state index contributed by atoms with van der Waals surface area (Å²) in [6, 6.07) is 0. The van der Waals surface area contributed by atoms with Crippen LogP contribution in [0, 0.1) is 0 Å². The minimum atomic E-state index is 0.110. The molecule has 2 aromatic rings. The lowest BCUT2D eigenvalue weighted by atomic mass is 9.95. The monoisotopic (exact) mass is 271 g/mol. The third-order valence-electron chi connectivity index (χ3n) is 3.27. The first-order valence-corrected chi connectivity index (χ1v) is 7.30. The molecule has 2 heterocycles. The Morgan fingerprint density at radius 1 is 1.59 bits per heavy atom. The highest BCUT2D eigenvalue weighted by atomic mass is 35.5. The van der Waals surface area contributed by atoms with Gasteiger partial charge in [-0.3, -0.25) is 4.40 Å². The minimum Gasteiger partial charge on any atom is -0.306 e. The molecule has 0 aliphatic heterocycles. The van der Waals surface area contributed by atoms with Crippen LogP contribution in [0.3, 0.4) is 0 Å². The van der Waals surface area contributed by atoms with E-state index < -0.39 is 0 Å². The molecule has 94 valence electrons. The van der Waals surface area contributed by atoms with E-state index in [9.17, 15) is 0 Å². The fourth-order valence-electron chi connectivity index (χ4n) is 1.76. The van der Waals surface area contributed by atoms with E-state index in [-0.39, 0.29) is 5.54 Å². The fraction of sp³-hybridized carbons (Fsp3) is 0.583. The maximum atomic E-state index is 5.84. The number of hydrogen-bond donors (Lipinski definition) is 1. The van der Waals surface area contributed by atoms with Crippen LogP contribution in [0.1, 0.15) is 32.4 Å². The van der Waals surface area contributed by atoms with Crippen molar-refractivity contribution in [3.63, 3.8) is 0 Å². The molecule has 1 unspecified atom stereocenters. The van der Waals surface area contributed by atoms with Crippen molar-refractivity contribution >= 4 is 27.9 Å². The third-order valence-corrected chi connectivity index (χ3v) is 4.23. The van der Waals surface area contributed by atoms with Gasteiger partial charge in [-0.15, -0.1) is 22.9 Å². The van der Waals surface area contributed by atoms with Gasteiger partial charge in [0.25, 0.3) is 0 Å². The smallest absolute Gasteiger partial charge is 0.193 e. The lowest BCUT2D eigenvalue weighted by Gasteiger charge is -2.28. The first-order chi connectivity index (χ1) is 8.17. The molecule has 0 amide bonds. The second kappa shape index (κ2) is 5.38. The van der Waals surface area contributed by atoms with Crippen molar-refractivity contribution in [2.24, 2.45) is 0 Å². The quantitative estimate of drug-likeness (QED) is 0.817. The summed E-state index contributed by atoms with van der Waals surface area (Å²) in [6.45, 7) is 5.20. The normalized spacial score (nSPS) is 15.2. The molecule has 0 spiro atoms. The van der Waals surface area contributed by atoms with E-state index in [1.54, 1.807) is 11.3 Å². The Morgan fingerprint density at radius 3 is 3.06 bits per heavy atom. The van der Waals surface area contributed by atoms with Crippen LogP contribution in [0.4, 0.5) is 0 Å². The first kappa shape index (κ1) is 12.9. The van der Waals surface area contributed by atoms with Crippen LogP contribution >= 0.6 is 22.9 Å². The van der Waals surface area contributed by atoms with E-state index in [1.807, 2.05) is 11.6 Å². The minimum absolute atomic E-state index is 0.110. The van der Waals surface area contributed by atoms with Crippen LogP contribution in [0.5, 0.6) is 0 Å². The zero-order valence-electron chi connectivity index (χ0n) is 10.2. The largest absolute Gasteiger partial charge is 0.306 e. The van der Waals surface area contributed by atoms with Crippen LogP contribution in [-0.4, -0.2) is 20.8 Å². The standard InChI is InChI=1S/C12H18ClN3S/c1-3-12(2,4-5-13)14-8-10-9-16-6-7-17-11(16)15-10/h6-7,9,14H,3-5,8H2,1-2H3. The van der Waals surface area contributed by atoms with Gasteiger partial charge in [-0.2, -0.15) is 0 Å². The number of alkyl halides is 1. The molecule has 1 N–H and O–H groups in total. The summed E-state index contributed by atoms with van der Waals surface area (Å²) in [7, 11) is 0. The highest BCUT2D eigenvalue weighted by molar-refractivity contribution is 7.15. The Hall–Kier alpha value is -0.580. The Bertz CT molecular complexity index is 450. The lowest BCUT2D eigenvalue weighted by molar-refractivity contribution is 0.329. The number of imidazole rings is 1. The van der Waals surface area contributed by atoms with Crippen molar-refractivity contribution in [1.29, 1.82) is 0 Å². The Labute approximate surface area is 111 Å². The van der Waals surface area contributed by atoms with Crippen molar-refractivity contribution in [1.82, 2.24) is 14.7 Å². The average Bonchev–Trinajstić information content (AvgIpc) is 2.87. The van der Waals surface area contributed by atoms with Gasteiger partial charge >= 0.3 is 0 Å². The number of thiazole rings is 1. The van der Waals surface area contributed by atoms with Crippen LogP contribution in [0.2, 0.25) is 0 Å². The summed E-state index contributed by atoms with van der Waals surface area (Å²) in [6.07, 6.45) is 6.17. The van der Waals surface area contributed by atoms with Crippen LogP contribution < -0.4 is 5.32 Å². The molecule has 0 bridgehead atoms. The molecule has 0 fully saturated rings.